The van der Waals surface area contributed by atoms with Gasteiger partial charge in [0.05, 0.1) is 5.69 Å². The molecule has 1 amide bonds. The van der Waals surface area contributed by atoms with Gasteiger partial charge in [0.25, 0.3) is 5.91 Å². The van der Waals surface area contributed by atoms with Crippen molar-refractivity contribution < 1.29 is 9.18 Å². The highest BCUT2D eigenvalue weighted by molar-refractivity contribution is 9.10. The molecule has 0 saturated carbocycles. The van der Waals surface area contributed by atoms with E-state index >= 15 is 0 Å². The van der Waals surface area contributed by atoms with Gasteiger partial charge in [-0.3, -0.25) is 4.79 Å². The van der Waals surface area contributed by atoms with Crippen LogP contribution in [0.2, 0.25) is 0 Å². The molecule has 1 aliphatic rings. The fraction of sp³-hybridized carbons (Fsp3) is 0.200. The average molecular weight is 429 g/mol. The zero-order chi connectivity index (χ0) is 19.2. The third-order valence-electron chi connectivity index (χ3n) is 4.36. The molecule has 0 bridgehead atoms. The van der Waals surface area contributed by atoms with Gasteiger partial charge >= 0.3 is 0 Å². The molecule has 1 heterocycles. The zero-order valence-electron chi connectivity index (χ0n) is 14.5. The molecule has 0 atom stereocenters. The second-order valence-electron chi connectivity index (χ2n) is 6.05. The summed E-state index contributed by atoms with van der Waals surface area (Å²) in [6, 6.07) is 15.8. The van der Waals surface area contributed by atoms with Crippen LogP contribution in [0.4, 0.5) is 15.8 Å². The molecular weight excluding hydrogens is 411 g/mol. The molecular formula is C20H18BrFN4O. The van der Waals surface area contributed by atoms with Gasteiger partial charge in [0, 0.05) is 42.5 Å². The molecule has 0 spiro atoms. The van der Waals surface area contributed by atoms with Gasteiger partial charge in [-0.25, -0.2) is 4.39 Å². The number of amides is 1. The van der Waals surface area contributed by atoms with Crippen molar-refractivity contribution in [1.29, 1.82) is 5.26 Å². The van der Waals surface area contributed by atoms with Crippen LogP contribution in [0.3, 0.4) is 0 Å². The molecule has 0 aromatic heterocycles. The highest BCUT2D eigenvalue weighted by Gasteiger charge is 2.24. The van der Waals surface area contributed by atoms with Crippen LogP contribution in [0.15, 0.2) is 64.8 Å². The van der Waals surface area contributed by atoms with E-state index in [1.165, 1.54) is 18.3 Å². The smallest absolute Gasteiger partial charge is 0.266 e. The van der Waals surface area contributed by atoms with E-state index in [0.717, 1.165) is 15.8 Å². The van der Waals surface area contributed by atoms with Gasteiger partial charge in [0.1, 0.15) is 17.5 Å². The van der Waals surface area contributed by atoms with E-state index in [2.05, 4.69) is 26.1 Å². The number of hydrogen-bond donors (Lipinski definition) is 1. The summed E-state index contributed by atoms with van der Waals surface area (Å²) in [5.41, 5.74) is 1.76. The Kier molecular flexibility index (Phi) is 6.09. The van der Waals surface area contributed by atoms with Gasteiger partial charge in [-0.1, -0.05) is 12.1 Å². The molecule has 1 saturated heterocycles. The summed E-state index contributed by atoms with van der Waals surface area (Å²) < 4.78 is 13.9. The first-order chi connectivity index (χ1) is 13.1. The molecule has 0 unspecified atom stereocenters. The number of carbonyl (C=O) groups is 1. The SMILES string of the molecule is N#C/C(=C/Nc1ccccc1Br)C(=O)N1CCN(c2ccc(F)cc2)CC1. The number of piperazine rings is 1. The number of benzene rings is 2. The maximum Gasteiger partial charge on any atom is 0.266 e. The number of nitrogens with one attached hydrogen (secondary N) is 1. The first-order valence-electron chi connectivity index (χ1n) is 8.49. The predicted octanol–water partition coefficient (Wildman–Crippen LogP) is 3.76. The van der Waals surface area contributed by atoms with Crippen molar-refractivity contribution >= 4 is 33.2 Å². The molecule has 5 nitrogen and oxygen atoms in total. The Labute approximate surface area is 165 Å². The van der Waals surface area contributed by atoms with Crippen LogP contribution in [0.5, 0.6) is 0 Å². The van der Waals surface area contributed by atoms with Crippen LogP contribution in [0, 0.1) is 17.1 Å². The summed E-state index contributed by atoms with van der Waals surface area (Å²) in [7, 11) is 0. The third-order valence-corrected chi connectivity index (χ3v) is 5.05. The van der Waals surface area contributed by atoms with Gasteiger partial charge in [0.2, 0.25) is 0 Å². The summed E-state index contributed by atoms with van der Waals surface area (Å²) in [5, 5.41) is 12.4. The van der Waals surface area contributed by atoms with Gasteiger partial charge in [-0.2, -0.15) is 5.26 Å². The van der Waals surface area contributed by atoms with Crippen molar-refractivity contribution in [1.82, 2.24) is 4.90 Å². The van der Waals surface area contributed by atoms with Crippen LogP contribution in [0.25, 0.3) is 0 Å². The lowest BCUT2D eigenvalue weighted by Crippen LogP contribution is -2.49. The lowest BCUT2D eigenvalue weighted by atomic mass is 10.2. The molecule has 2 aromatic rings. The van der Waals surface area contributed by atoms with Crippen molar-refractivity contribution in [3.63, 3.8) is 0 Å². The second-order valence-corrected chi connectivity index (χ2v) is 6.90. The number of hydrogen-bond acceptors (Lipinski definition) is 4. The van der Waals surface area contributed by atoms with Crippen molar-refractivity contribution in [2.45, 2.75) is 0 Å². The van der Waals surface area contributed by atoms with Crippen molar-refractivity contribution in [2.24, 2.45) is 0 Å². The lowest BCUT2D eigenvalue weighted by molar-refractivity contribution is -0.127. The number of nitriles is 1. The number of anilines is 2. The number of para-hydroxylation sites is 1. The molecule has 0 radical (unpaired) electrons. The first-order valence-corrected chi connectivity index (χ1v) is 9.29. The summed E-state index contributed by atoms with van der Waals surface area (Å²) in [5.74, 6) is -0.565. The quantitative estimate of drug-likeness (QED) is 0.594. The minimum absolute atomic E-state index is 0.0565. The van der Waals surface area contributed by atoms with Crippen molar-refractivity contribution in [3.8, 4) is 6.07 Å². The first kappa shape index (κ1) is 18.9. The maximum absolute atomic E-state index is 13.1. The van der Waals surface area contributed by atoms with E-state index in [1.54, 1.807) is 17.0 Å². The van der Waals surface area contributed by atoms with Gasteiger partial charge in [0.15, 0.2) is 0 Å². The van der Waals surface area contributed by atoms with Crippen LogP contribution >= 0.6 is 15.9 Å². The lowest BCUT2D eigenvalue weighted by Gasteiger charge is -2.36. The molecule has 27 heavy (non-hydrogen) atoms. The van der Waals surface area contributed by atoms with Crippen molar-refractivity contribution in [3.05, 3.63) is 70.6 Å². The summed E-state index contributed by atoms with van der Waals surface area (Å²) >= 11 is 3.42. The number of carbonyl (C=O) groups excluding carboxylic acids is 1. The maximum atomic E-state index is 13.1. The Hall–Kier alpha value is -2.85. The van der Waals surface area contributed by atoms with Crippen LogP contribution < -0.4 is 10.2 Å². The summed E-state index contributed by atoms with van der Waals surface area (Å²) in [4.78, 5) is 16.4. The molecule has 0 aliphatic carbocycles. The Bertz CT molecular complexity index is 884. The molecule has 138 valence electrons. The van der Waals surface area contributed by atoms with E-state index in [0.29, 0.717) is 26.2 Å². The second kappa shape index (κ2) is 8.69. The summed E-state index contributed by atoms with van der Waals surface area (Å²) in [6.45, 7) is 2.27. The minimum atomic E-state index is -0.296. The standard InChI is InChI=1S/C20H18BrFN4O/c21-18-3-1-2-4-19(18)24-14-15(13-23)20(27)26-11-9-25(10-12-26)17-7-5-16(22)6-8-17/h1-8,14,24H,9-12H2/b15-14-. The van der Waals surface area contributed by atoms with E-state index in [9.17, 15) is 14.4 Å². The Balaban J connectivity index is 1.62. The number of nitrogens with zero attached hydrogens (tertiary/aromatic N) is 3. The Morgan fingerprint density at radius 1 is 1.11 bits per heavy atom. The fourth-order valence-electron chi connectivity index (χ4n) is 2.86. The van der Waals surface area contributed by atoms with Crippen LogP contribution in [-0.2, 0) is 4.79 Å². The molecule has 1 fully saturated rings. The number of halogens is 2. The van der Waals surface area contributed by atoms with E-state index in [4.69, 9.17) is 0 Å². The molecule has 7 heteroatoms. The van der Waals surface area contributed by atoms with Gasteiger partial charge in [-0.15, -0.1) is 0 Å². The molecule has 2 aromatic carbocycles. The third kappa shape index (κ3) is 4.66. The topological polar surface area (TPSA) is 59.4 Å². The molecule has 1 N–H and O–H groups in total. The van der Waals surface area contributed by atoms with Crippen molar-refractivity contribution in [2.75, 3.05) is 36.4 Å². The zero-order valence-corrected chi connectivity index (χ0v) is 16.1. The van der Waals surface area contributed by atoms with Gasteiger partial charge in [-0.05, 0) is 52.3 Å². The Morgan fingerprint density at radius 2 is 1.78 bits per heavy atom. The number of rotatable bonds is 4. The highest BCUT2D eigenvalue weighted by atomic mass is 79.9. The molecule has 3 rings (SSSR count). The largest absolute Gasteiger partial charge is 0.368 e. The molecule has 1 aliphatic heterocycles. The predicted molar refractivity (Wildman–Crippen MR) is 107 cm³/mol. The van der Waals surface area contributed by atoms with Gasteiger partial charge < -0.3 is 15.1 Å². The van der Waals surface area contributed by atoms with E-state index in [1.807, 2.05) is 30.3 Å². The Morgan fingerprint density at radius 3 is 2.41 bits per heavy atom. The monoisotopic (exact) mass is 428 g/mol. The van der Waals surface area contributed by atoms with E-state index < -0.39 is 0 Å². The minimum Gasteiger partial charge on any atom is -0.368 e. The normalized spacial score (nSPS) is 14.6. The van der Waals surface area contributed by atoms with E-state index in [-0.39, 0.29) is 17.3 Å². The summed E-state index contributed by atoms with van der Waals surface area (Å²) in [6.07, 6.45) is 1.44. The fourth-order valence-corrected chi connectivity index (χ4v) is 3.26. The highest BCUT2D eigenvalue weighted by Crippen LogP contribution is 2.22. The van der Waals surface area contributed by atoms with Crippen LogP contribution in [0.1, 0.15) is 0 Å². The van der Waals surface area contributed by atoms with Crippen LogP contribution in [-0.4, -0.2) is 37.0 Å². The average Bonchev–Trinajstić information content (AvgIpc) is 2.70.